The molecule has 0 saturated carbocycles. The highest BCUT2D eigenvalue weighted by molar-refractivity contribution is 5.82. The van der Waals surface area contributed by atoms with Crippen molar-refractivity contribution in [3.63, 3.8) is 0 Å². The van der Waals surface area contributed by atoms with Crippen LogP contribution in [0, 0.1) is 0 Å². The van der Waals surface area contributed by atoms with Crippen molar-refractivity contribution < 1.29 is 9.90 Å². The molecular weight excluding hydrogens is 338 g/mol. The van der Waals surface area contributed by atoms with Crippen LogP contribution in [0.1, 0.15) is 56.3 Å². The summed E-state index contributed by atoms with van der Waals surface area (Å²) in [5, 5.41) is 12.8. The predicted octanol–water partition coefficient (Wildman–Crippen LogP) is 3.77. The van der Waals surface area contributed by atoms with Gasteiger partial charge in [-0.25, -0.2) is 4.98 Å². The number of imidazole rings is 1. The summed E-state index contributed by atoms with van der Waals surface area (Å²) in [7, 11) is 0. The maximum Gasteiger partial charge on any atom is 0.227 e. The Kier molecular flexibility index (Phi) is 5.33. The van der Waals surface area contributed by atoms with Gasteiger partial charge in [0.15, 0.2) is 0 Å². The van der Waals surface area contributed by atoms with Crippen LogP contribution in [0.3, 0.4) is 0 Å². The van der Waals surface area contributed by atoms with Gasteiger partial charge in [-0.15, -0.1) is 0 Å². The molecule has 3 aromatic rings. The molecule has 1 unspecified atom stereocenters. The number of carbonyl (C=O) groups is 1. The van der Waals surface area contributed by atoms with Gasteiger partial charge in [0.05, 0.1) is 23.6 Å². The van der Waals surface area contributed by atoms with Gasteiger partial charge < -0.3 is 15.4 Å². The van der Waals surface area contributed by atoms with Gasteiger partial charge in [-0.1, -0.05) is 57.2 Å². The number of aromatic nitrogens is 2. The molecular formula is C22H27N3O2. The summed E-state index contributed by atoms with van der Waals surface area (Å²) in [6.07, 6.45) is -0.416. The lowest BCUT2D eigenvalue weighted by molar-refractivity contribution is -0.120. The highest BCUT2D eigenvalue weighted by Gasteiger charge is 2.14. The second-order valence-electron chi connectivity index (χ2n) is 8.00. The van der Waals surface area contributed by atoms with Crippen LogP contribution in [0.4, 0.5) is 0 Å². The first-order chi connectivity index (χ1) is 12.7. The summed E-state index contributed by atoms with van der Waals surface area (Å²) in [4.78, 5) is 19.9. The number of aliphatic hydroxyl groups excluding tert-OH is 1. The molecule has 1 aromatic heterocycles. The number of carbonyl (C=O) groups excluding carboxylic acids is 1. The number of aromatic amines is 1. The lowest BCUT2D eigenvalue weighted by Gasteiger charge is -2.19. The zero-order valence-corrected chi connectivity index (χ0v) is 16.3. The topological polar surface area (TPSA) is 78.0 Å². The lowest BCUT2D eigenvalue weighted by Crippen LogP contribution is -2.25. The molecule has 0 radical (unpaired) electrons. The maximum atomic E-state index is 12.3. The second kappa shape index (κ2) is 7.53. The van der Waals surface area contributed by atoms with E-state index in [1.807, 2.05) is 18.2 Å². The van der Waals surface area contributed by atoms with Crippen molar-refractivity contribution in [1.82, 2.24) is 15.3 Å². The number of hydrogen-bond donors (Lipinski definition) is 3. The molecule has 2 aromatic carbocycles. The van der Waals surface area contributed by atoms with Crippen LogP contribution in [-0.2, 0) is 23.2 Å². The number of nitrogens with zero attached hydrogens (tertiary/aromatic N) is 1. The Balaban J connectivity index is 1.63. The zero-order chi connectivity index (χ0) is 19.6. The van der Waals surface area contributed by atoms with Crippen molar-refractivity contribution in [2.75, 3.05) is 0 Å². The molecule has 3 N–H and O–H groups in total. The molecule has 27 heavy (non-hydrogen) atoms. The van der Waals surface area contributed by atoms with Crippen LogP contribution >= 0.6 is 0 Å². The van der Waals surface area contributed by atoms with Gasteiger partial charge in [0.2, 0.25) is 5.91 Å². The number of para-hydroxylation sites is 1. The Labute approximate surface area is 159 Å². The Morgan fingerprint density at radius 3 is 2.52 bits per heavy atom. The predicted molar refractivity (Wildman–Crippen MR) is 107 cm³/mol. The first-order valence-corrected chi connectivity index (χ1v) is 9.26. The minimum Gasteiger partial charge on any atom is -0.389 e. The average molecular weight is 365 g/mol. The third-order valence-electron chi connectivity index (χ3n) is 4.69. The summed E-state index contributed by atoms with van der Waals surface area (Å²) in [6.45, 7) is 8.75. The highest BCUT2D eigenvalue weighted by Crippen LogP contribution is 2.23. The van der Waals surface area contributed by atoms with Gasteiger partial charge in [-0.05, 0) is 29.5 Å². The van der Waals surface area contributed by atoms with Crippen molar-refractivity contribution in [2.45, 2.75) is 52.2 Å². The molecule has 0 fully saturated rings. The van der Waals surface area contributed by atoms with E-state index in [9.17, 15) is 9.90 Å². The van der Waals surface area contributed by atoms with Gasteiger partial charge >= 0.3 is 0 Å². The molecule has 1 amide bonds. The van der Waals surface area contributed by atoms with E-state index in [1.54, 1.807) is 6.92 Å². The minimum absolute atomic E-state index is 0.0902. The molecule has 5 nitrogen and oxygen atoms in total. The normalized spacial score (nSPS) is 12.9. The van der Waals surface area contributed by atoms with Crippen LogP contribution in [0.5, 0.6) is 0 Å². The van der Waals surface area contributed by atoms with E-state index in [1.165, 1.54) is 5.56 Å². The van der Waals surface area contributed by atoms with E-state index in [4.69, 9.17) is 0 Å². The first-order valence-electron chi connectivity index (χ1n) is 9.26. The Morgan fingerprint density at radius 1 is 1.19 bits per heavy atom. The third-order valence-corrected chi connectivity index (χ3v) is 4.69. The molecule has 1 heterocycles. The van der Waals surface area contributed by atoms with Crippen LogP contribution in [0.25, 0.3) is 11.0 Å². The fraction of sp³-hybridized carbons (Fsp3) is 0.364. The smallest absolute Gasteiger partial charge is 0.227 e. The molecule has 0 bridgehead atoms. The van der Waals surface area contributed by atoms with E-state index in [2.05, 4.69) is 60.3 Å². The third kappa shape index (κ3) is 4.55. The van der Waals surface area contributed by atoms with E-state index in [0.29, 0.717) is 12.4 Å². The summed E-state index contributed by atoms with van der Waals surface area (Å²) in [5.74, 6) is 0.506. The number of benzene rings is 2. The highest BCUT2D eigenvalue weighted by atomic mass is 16.3. The number of nitrogens with one attached hydrogen (secondary N) is 2. The van der Waals surface area contributed by atoms with E-state index in [0.717, 1.165) is 22.2 Å². The fourth-order valence-corrected chi connectivity index (χ4v) is 3.07. The lowest BCUT2D eigenvalue weighted by atomic mass is 9.87. The molecule has 5 heteroatoms. The minimum atomic E-state index is -0.591. The molecule has 0 aliphatic rings. The SMILES string of the molecule is CC(O)c1cccc2nc(CC(=O)NCc3ccc(C(C)(C)C)cc3)[nH]c12. The number of fused-ring (bicyclic) bond motifs is 1. The molecule has 0 saturated heterocycles. The summed E-state index contributed by atoms with van der Waals surface area (Å²) in [6, 6.07) is 13.9. The van der Waals surface area contributed by atoms with Gasteiger partial charge in [0.25, 0.3) is 0 Å². The zero-order valence-electron chi connectivity index (χ0n) is 16.3. The summed E-state index contributed by atoms with van der Waals surface area (Å²) < 4.78 is 0. The van der Waals surface area contributed by atoms with Gasteiger partial charge in [-0.3, -0.25) is 4.79 Å². The largest absolute Gasteiger partial charge is 0.389 e. The van der Waals surface area contributed by atoms with Crippen molar-refractivity contribution >= 4 is 16.9 Å². The van der Waals surface area contributed by atoms with Crippen LogP contribution < -0.4 is 5.32 Å². The standard InChI is InChI=1S/C22H27N3O2/c1-14(26)17-6-5-7-18-21(17)25-19(24-18)12-20(27)23-13-15-8-10-16(11-9-15)22(2,3)4/h5-11,14,26H,12-13H2,1-4H3,(H,23,27)(H,24,25). The molecule has 0 aliphatic carbocycles. The van der Waals surface area contributed by atoms with Gasteiger partial charge in [0.1, 0.15) is 5.82 Å². The number of H-pyrrole nitrogens is 1. The molecule has 1 atom stereocenters. The van der Waals surface area contributed by atoms with Crippen LogP contribution in [0.2, 0.25) is 0 Å². The molecule has 3 rings (SSSR count). The number of aliphatic hydroxyl groups is 1. The quantitative estimate of drug-likeness (QED) is 0.644. The second-order valence-corrected chi connectivity index (χ2v) is 8.00. The molecule has 0 spiro atoms. The van der Waals surface area contributed by atoms with E-state index < -0.39 is 6.10 Å². The Morgan fingerprint density at radius 2 is 1.89 bits per heavy atom. The first kappa shape index (κ1) is 19.1. The van der Waals surface area contributed by atoms with Crippen molar-refractivity contribution in [3.8, 4) is 0 Å². The number of rotatable bonds is 5. The monoisotopic (exact) mass is 365 g/mol. The van der Waals surface area contributed by atoms with Crippen LogP contribution in [0.15, 0.2) is 42.5 Å². The average Bonchev–Trinajstić information content (AvgIpc) is 3.01. The van der Waals surface area contributed by atoms with Gasteiger partial charge in [-0.2, -0.15) is 0 Å². The Hall–Kier alpha value is -2.66. The maximum absolute atomic E-state index is 12.3. The van der Waals surface area contributed by atoms with Crippen molar-refractivity contribution in [2.24, 2.45) is 0 Å². The Bertz CT molecular complexity index is 934. The summed E-state index contributed by atoms with van der Waals surface area (Å²) >= 11 is 0. The van der Waals surface area contributed by atoms with Crippen molar-refractivity contribution in [1.29, 1.82) is 0 Å². The van der Waals surface area contributed by atoms with Crippen LogP contribution in [-0.4, -0.2) is 21.0 Å². The van der Waals surface area contributed by atoms with Crippen molar-refractivity contribution in [3.05, 3.63) is 65.0 Å². The molecule has 142 valence electrons. The van der Waals surface area contributed by atoms with E-state index in [-0.39, 0.29) is 17.7 Å². The fourth-order valence-electron chi connectivity index (χ4n) is 3.07. The van der Waals surface area contributed by atoms with E-state index >= 15 is 0 Å². The summed E-state index contributed by atoms with van der Waals surface area (Å²) in [5.41, 5.74) is 4.78. The number of hydrogen-bond acceptors (Lipinski definition) is 3. The molecule has 0 aliphatic heterocycles. The number of amides is 1. The van der Waals surface area contributed by atoms with Gasteiger partial charge in [0, 0.05) is 12.1 Å².